The smallest absolute Gasteiger partial charge is 0.291 e. The van der Waals surface area contributed by atoms with Gasteiger partial charge in [0.1, 0.15) is 0 Å². The lowest BCUT2D eigenvalue weighted by atomic mass is 10.1. The van der Waals surface area contributed by atoms with E-state index in [1.54, 1.807) is 10.7 Å². The number of amides is 1. The maximum atomic E-state index is 12.5. The van der Waals surface area contributed by atoms with Gasteiger partial charge in [0, 0.05) is 25.0 Å². The van der Waals surface area contributed by atoms with Crippen molar-refractivity contribution in [3.05, 3.63) is 59.2 Å². The summed E-state index contributed by atoms with van der Waals surface area (Å²) >= 11 is 0. The number of nitrogens with zero attached hydrogens (tertiary/aromatic N) is 5. The molecule has 0 saturated carbocycles. The Morgan fingerprint density at radius 3 is 2.58 bits per heavy atom. The van der Waals surface area contributed by atoms with E-state index in [2.05, 4.69) is 45.2 Å². The van der Waals surface area contributed by atoms with E-state index in [0.717, 1.165) is 30.9 Å². The number of carbonyl (C=O) groups excluding carboxylic acids is 1. The van der Waals surface area contributed by atoms with Crippen LogP contribution in [0.1, 0.15) is 41.3 Å². The summed E-state index contributed by atoms with van der Waals surface area (Å²) in [6.07, 6.45) is 1.66. The number of rotatable bonds is 7. The van der Waals surface area contributed by atoms with Gasteiger partial charge >= 0.3 is 0 Å². The van der Waals surface area contributed by atoms with Crippen molar-refractivity contribution < 1.29 is 4.79 Å². The van der Waals surface area contributed by atoms with Crippen molar-refractivity contribution in [2.75, 3.05) is 13.1 Å². The molecule has 0 atom stereocenters. The quantitative estimate of drug-likeness (QED) is 0.705. The summed E-state index contributed by atoms with van der Waals surface area (Å²) < 4.78 is 1.57. The molecule has 2 aromatic heterocycles. The fraction of sp³-hybridized carbons (Fsp3) is 0.368. The maximum absolute atomic E-state index is 12.5. The third kappa shape index (κ3) is 3.88. The Hall–Kier alpha value is -2.80. The van der Waals surface area contributed by atoms with E-state index in [1.807, 2.05) is 31.2 Å². The summed E-state index contributed by atoms with van der Waals surface area (Å²) in [5.74, 6) is 0.262. The Labute approximate surface area is 153 Å². The number of benzene rings is 1. The van der Waals surface area contributed by atoms with Gasteiger partial charge in [-0.15, -0.1) is 5.10 Å². The minimum absolute atomic E-state index is 0.132. The summed E-state index contributed by atoms with van der Waals surface area (Å²) in [6.45, 7) is 9.50. The monoisotopic (exact) mass is 352 g/mol. The van der Waals surface area contributed by atoms with Crippen LogP contribution in [0.5, 0.6) is 0 Å². The van der Waals surface area contributed by atoms with Crippen LogP contribution in [0.2, 0.25) is 0 Å². The predicted molar refractivity (Wildman–Crippen MR) is 99.8 cm³/mol. The Morgan fingerprint density at radius 1 is 1.15 bits per heavy atom. The second kappa shape index (κ2) is 8.05. The van der Waals surface area contributed by atoms with Crippen molar-refractivity contribution >= 4 is 11.7 Å². The molecule has 0 fully saturated rings. The molecular weight excluding hydrogens is 328 g/mol. The van der Waals surface area contributed by atoms with Crippen LogP contribution in [0, 0.1) is 6.92 Å². The van der Waals surface area contributed by atoms with Crippen molar-refractivity contribution in [1.82, 2.24) is 29.8 Å². The Kier molecular flexibility index (Phi) is 5.58. The topological polar surface area (TPSA) is 75.4 Å². The Bertz CT molecular complexity index is 900. The van der Waals surface area contributed by atoms with Crippen molar-refractivity contribution in [2.24, 2.45) is 0 Å². The van der Waals surface area contributed by atoms with Gasteiger partial charge in [0.2, 0.25) is 5.82 Å². The molecule has 0 aliphatic rings. The van der Waals surface area contributed by atoms with Crippen LogP contribution in [-0.2, 0) is 13.1 Å². The van der Waals surface area contributed by atoms with E-state index in [9.17, 15) is 4.79 Å². The zero-order valence-corrected chi connectivity index (χ0v) is 15.4. The summed E-state index contributed by atoms with van der Waals surface area (Å²) in [4.78, 5) is 23.1. The highest BCUT2D eigenvalue weighted by molar-refractivity contribution is 5.90. The molecule has 0 saturated heterocycles. The highest BCUT2D eigenvalue weighted by Gasteiger charge is 2.15. The number of hydrogen-bond donors (Lipinski definition) is 1. The molecule has 136 valence electrons. The molecule has 0 aliphatic heterocycles. The molecule has 0 bridgehead atoms. The second-order valence-corrected chi connectivity index (χ2v) is 6.15. The van der Waals surface area contributed by atoms with Gasteiger partial charge in [0.05, 0.1) is 0 Å². The van der Waals surface area contributed by atoms with Crippen molar-refractivity contribution in [3.63, 3.8) is 0 Å². The third-order valence-corrected chi connectivity index (χ3v) is 4.48. The molecule has 3 aromatic rings. The van der Waals surface area contributed by atoms with E-state index >= 15 is 0 Å². The molecule has 7 nitrogen and oxygen atoms in total. The highest BCUT2D eigenvalue weighted by Crippen LogP contribution is 2.12. The maximum Gasteiger partial charge on any atom is 0.291 e. The molecule has 2 heterocycles. The molecular formula is C19H24N6O. The van der Waals surface area contributed by atoms with E-state index in [4.69, 9.17) is 0 Å². The number of fused-ring (bicyclic) bond motifs is 1. The summed E-state index contributed by atoms with van der Waals surface area (Å²) in [6, 6.07) is 10.00. The zero-order valence-electron chi connectivity index (χ0n) is 15.4. The van der Waals surface area contributed by atoms with Crippen molar-refractivity contribution in [3.8, 4) is 0 Å². The lowest BCUT2D eigenvalue weighted by Crippen LogP contribution is -2.26. The fourth-order valence-corrected chi connectivity index (χ4v) is 2.83. The zero-order chi connectivity index (χ0) is 18.5. The average molecular weight is 352 g/mol. The second-order valence-electron chi connectivity index (χ2n) is 6.15. The fourth-order valence-electron chi connectivity index (χ4n) is 2.83. The van der Waals surface area contributed by atoms with Crippen LogP contribution >= 0.6 is 0 Å². The lowest BCUT2D eigenvalue weighted by Gasteiger charge is -2.20. The Morgan fingerprint density at radius 2 is 1.88 bits per heavy atom. The molecule has 1 aromatic carbocycles. The number of aromatic nitrogens is 4. The third-order valence-electron chi connectivity index (χ3n) is 4.48. The molecule has 0 unspecified atom stereocenters. The molecule has 0 spiro atoms. The first-order valence-electron chi connectivity index (χ1n) is 8.88. The van der Waals surface area contributed by atoms with E-state index in [0.29, 0.717) is 12.3 Å². The highest BCUT2D eigenvalue weighted by atomic mass is 16.2. The predicted octanol–water partition coefficient (Wildman–Crippen LogP) is 2.20. The molecule has 26 heavy (non-hydrogen) atoms. The SMILES string of the molecule is CCN(CC)Cc1ccccc1CNC(=O)c1nc2nccc(C)n2n1. The van der Waals surface area contributed by atoms with Crippen molar-refractivity contribution in [2.45, 2.75) is 33.9 Å². The van der Waals surface area contributed by atoms with Crippen LogP contribution in [-0.4, -0.2) is 43.5 Å². The van der Waals surface area contributed by atoms with E-state index in [-0.39, 0.29) is 11.7 Å². The standard InChI is InChI=1S/C19H24N6O/c1-4-24(5-2)13-16-9-7-6-8-15(16)12-21-18(26)17-22-19-20-11-10-14(3)25(19)23-17/h6-11H,4-5,12-13H2,1-3H3,(H,21,26). The Balaban J connectivity index is 1.72. The molecule has 1 N–H and O–H groups in total. The normalized spacial score (nSPS) is 11.2. The minimum atomic E-state index is -0.299. The number of nitrogens with one attached hydrogen (secondary N) is 1. The van der Waals surface area contributed by atoms with E-state index < -0.39 is 0 Å². The van der Waals surface area contributed by atoms with Gasteiger partial charge < -0.3 is 5.32 Å². The van der Waals surface area contributed by atoms with Crippen LogP contribution < -0.4 is 5.32 Å². The van der Waals surface area contributed by atoms with Gasteiger partial charge in [-0.25, -0.2) is 9.50 Å². The minimum Gasteiger partial charge on any atom is -0.345 e. The van der Waals surface area contributed by atoms with Gasteiger partial charge in [-0.3, -0.25) is 9.69 Å². The van der Waals surface area contributed by atoms with Crippen molar-refractivity contribution in [1.29, 1.82) is 0 Å². The van der Waals surface area contributed by atoms with Gasteiger partial charge in [0.25, 0.3) is 11.7 Å². The molecule has 1 amide bonds. The van der Waals surface area contributed by atoms with E-state index in [1.165, 1.54) is 5.56 Å². The molecule has 0 aliphatic carbocycles. The summed E-state index contributed by atoms with van der Waals surface area (Å²) in [7, 11) is 0. The van der Waals surface area contributed by atoms with Gasteiger partial charge in [-0.2, -0.15) is 4.98 Å². The average Bonchev–Trinajstić information content (AvgIpc) is 3.11. The van der Waals surface area contributed by atoms with Gasteiger partial charge in [0.15, 0.2) is 0 Å². The van der Waals surface area contributed by atoms with Crippen LogP contribution in [0.15, 0.2) is 36.5 Å². The lowest BCUT2D eigenvalue weighted by molar-refractivity contribution is 0.0940. The largest absolute Gasteiger partial charge is 0.345 e. The first kappa shape index (κ1) is 18.0. The number of hydrogen-bond acceptors (Lipinski definition) is 5. The number of aryl methyl sites for hydroxylation is 1. The summed E-state index contributed by atoms with van der Waals surface area (Å²) in [5, 5.41) is 7.17. The first-order chi connectivity index (χ1) is 12.6. The van der Waals surface area contributed by atoms with Crippen LogP contribution in [0.25, 0.3) is 5.78 Å². The van der Waals surface area contributed by atoms with Gasteiger partial charge in [-0.1, -0.05) is 38.1 Å². The molecule has 3 rings (SSSR count). The van der Waals surface area contributed by atoms with Gasteiger partial charge in [-0.05, 0) is 37.2 Å². The molecule has 7 heteroatoms. The number of carbonyl (C=O) groups is 1. The van der Waals surface area contributed by atoms with Crippen LogP contribution in [0.3, 0.4) is 0 Å². The first-order valence-corrected chi connectivity index (χ1v) is 8.88. The molecule has 0 radical (unpaired) electrons. The van der Waals surface area contributed by atoms with Crippen LogP contribution in [0.4, 0.5) is 0 Å². The summed E-state index contributed by atoms with van der Waals surface area (Å²) in [5.41, 5.74) is 3.20.